The maximum atomic E-state index is 12.6. The molecule has 2 rings (SSSR count). The Morgan fingerprint density at radius 3 is 2.43 bits per heavy atom. The van der Waals surface area contributed by atoms with E-state index in [2.05, 4.69) is 11.4 Å². The summed E-state index contributed by atoms with van der Waals surface area (Å²) in [5.41, 5.74) is 2.25. The molecule has 1 aromatic carbocycles. The lowest BCUT2D eigenvalue weighted by atomic mass is 9.85. The van der Waals surface area contributed by atoms with Crippen molar-refractivity contribution >= 4 is 0 Å². The Kier molecular flexibility index (Phi) is 5.65. The number of hydrogen-bond acceptors (Lipinski definition) is 2. The van der Waals surface area contributed by atoms with E-state index in [-0.39, 0.29) is 18.9 Å². The van der Waals surface area contributed by atoms with Crippen molar-refractivity contribution in [3.63, 3.8) is 0 Å². The van der Waals surface area contributed by atoms with Gasteiger partial charge in [-0.15, -0.1) is 0 Å². The van der Waals surface area contributed by atoms with Crippen LogP contribution in [0.1, 0.15) is 36.8 Å². The van der Waals surface area contributed by atoms with Crippen LogP contribution >= 0.6 is 0 Å². The SMILES string of the molecule is COCc1cccc(CNC2CCC(C(F)(F)F)CC2)c1. The first-order chi connectivity index (χ1) is 9.99. The topological polar surface area (TPSA) is 21.3 Å². The summed E-state index contributed by atoms with van der Waals surface area (Å²) in [4.78, 5) is 0. The minimum absolute atomic E-state index is 0.190. The van der Waals surface area contributed by atoms with Crippen molar-refractivity contribution in [3.05, 3.63) is 35.4 Å². The summed E-state index contributed by atoms with van der Waals surface area (Å²) in [7, 11) is 1.66. The van der Waals surface area contributed by atoms with Gasteiger partial charge in [-0.3, -0.25) is 0 Å². The molecule has 0 unspecified atom stereocenters. The molecule has 0 amide bonds. The molecule has 1 aliphatic rings. The smallest absolute Gasteiger partial charge is 0.380 e. The third-order valence-corrected chi connectivity index (χ3v) is 4.09. The molecule has 21 heavy (non-hydrogen) atoms. The highest BCUT2D eigenvalue weighted by atomic mass is 19.4. The number of nitrogens with one attached hydrogen (secondary N) is 1. The molecular weight excluding hydrogens is 279 g/mol. The summed E-state index contributed by atoms with van der Waals surface area (Å²) in [5, 5.41) is 3.37. The average molecular weight is 301 g/mol. The van der Waals surface area contributed by atoms with Crippen molar-refractivity contribution in [2.75, 3.05) is 7.11 Å². The average Bonchev–Trinajstić information content (AvgIpc) is 2.45. The number of hydrogen-bond donors (Lipinski definition) is 1. The van der Waals surface area contributed by atoms with Crippen LogP contribution in [0.2, 0.25) is 0 Å². The Labute approximate surface area is 123 Å². The van der Waals surface area contributed by atoms with E-state index in [0.29, 0.717) is 26.0 Å². The standard InChI is InChI=1S/C16H22F3NO/c1-21-11-13-4-2-3-12(9-13)10-20-15-7-5-14(6-8-15)16(17,18)19/h2-4,9,14-15,20H,5-8,10-11H2,1H3. The first-order valence-corrected chi connectivity index (χ1v) is 7.36. The number of benzene rings is 1. The van der Waals surface area contributed by atoms with Crippen LogP contribution in [0.5, 0.6) is 0 Å². The van der Waals surface area contributed by atoms with Crippen molar-refractivity contribution in [1.29, 1.82) is 0 Å². The molecule has 1 N–H and O–H groups in total. The van der Waals surface area contributed by atoms with E-state index < -0.39 is 12.1 Å². The fraction of sp³-hybridized carbons (Fsp3) is 0.625. The molecule has 5 heteroatoms. The number of methoxy groups -OCH3 is 1. The Balaban J connectivity index is 1.78. The molecule has 0 aromatic heterocycles. The molecule has 0 heterocycles. The maximum absolute atomic E-state index is 12.6. The van der Waals surface area contributed by atoms with E-state index in [9.17, 15) is 13.2 Å². The molecule has 118 valence electrons. The molecule has 0 saturated heterocycles. The van der Waals surface area contributed by atoms with E-state index in [1.807, 2.05) is 18.2 Å². The summed E-state index contributed by atoms with van der Waals surface area (Å²) in [6.07, 6.45) is -2.35. The molecule has 0 bridgehead atoms. The first-order valence-electron chi connectivity index (χ1n) is 7.36. The second kappa shape index (κ2) is 7.27. The van der Waals surface area contributed by atoms with Crippen LogP contribution in [0, 0.1) is 5.92 Å². The van der Waals surface area contributed by atoms with Gasteiger partial charge in [0, 0.05) is 19.7 Å². The van der Waals surface area contributed by atoms with E-state index in [0.717, 1.165) is 11.1 Å². The molecule has 0 aliphatic heterocycles. The van der Waals surface area contributed by atoms with Crippen molar-refractivity contribution in [3.8, 4) is 0 Å². The fourth-order valence-corrected chi connectivity index (χ4v) is 2.88. The minimum atomic E-state index is -4.03. The van der Waals surface area contributed by atoms with Crippen molar-refractivity contribution < 1.29 is 17.9 Å². The molecule has 2 nitrogen and oxygen atoms in total. The van der Waals surface area contributed by atoms with Gasteiger partial charge in [-0.2, -0.15) is 13.2 Å². The molecule has 0 radical (unpaired) electrons. The first kappa shape index (κ1) is 16.3. The summed E-state index contributed by atoms with van der Waals surface area (Å²) < 4.78 is 42.9. The fourth-order valence-electron chi connectivity index (χ4n) is 2.88. The van der Waals surface area contributed by atoms with E-state index >= 15 is 0 Å². The summed E-state index contributed by atoms with van der Waals surface area (Å²) in [5.74, 6) is -1.11. The van der Waals surface area contributed by atoms with Gasteiger partial charge in [0.05, 0.1) is 12.5 Å². The van der Waals surface area contributed by atoms with Crippen molar-refractivity contribution in [2.24, 2.45) is 5.92 Å². The van der Waals surface area contributed by atoms with Crippen LogP contribution in [0.15, 0.2) is 24.3 Å². The van der Waals surface area contributed by atoms with Gasteiger partial charge in [-0.25, -0.2) is 0 Å². The maximum Gasteiger partial charge on any atom is 0.391 e. The molecule has 1 aliphatic carbocycles. The molecule has 0 atom stereocenters. The van der Waals surface area contributed by atoms with E-state index in [4.69, 9.17) is 4.74 Å². The highest BCUT2D eigenvalue weighted by Gasteiger charge is 2.41. The van der Waals surface area contributed by atoms with Crippen LogP contribution in [-0.2, 0) is 17.9 Å². The highest BCUT2D eigenvalue weighted by Crippen LogP contribution is 2.37. The monoisotopic (exact) mass is 301 g/mol. The third kappa shape index (κ3) is 5.00. The Morgan fingerprint density at radius 1 is 1.14 bits per heavy atom. The second-order valence-electron chi connectivity index (χ2n) is 5.72. The highest BCUT2D eigenvalue weighted by molar-refractivity contribution is 5.22. The summed E-state index contributed by atoms with van der Waals surface area (Å²) >= 11 is 0. The van der Waals surface area contributed by atoms with Crippen LogP contribution in [0.4, 0.5) is 13.2 Å². The Hall–Kier alpha value is -1.07. The number of ether oxygens (including phenoxy) is 1. The predicted octanol–water partition coefficient (Wildman–Crippen LogP) is 4.04. The Morgan fingerprint density at radius 2 is 1.81 bits per heavy atom. The lowest BCUT2D eigenvalue weighted by Gasteiger charge is -2.30. The van der Waals surface area contributed by atoms with E-state index in [1.165, 1.54) is 0 Å². The quantitative estimate of drug-likeness (QED) is 0.886. The zero-order valence-corrected chi connectivity index (χ0v) is 12.2. The molecular formula is C16H22F3NO. The number of alkyl halides is 3. The van der Waals surface area contributed by atoms with Crippen LogP contribution < -0.4 is 5.32 Å². The van der Waals surface area contributed by atoms with E-state index in [1.54, 1.807) is 7.11 Å². The van der Waals surface area contributed by atoms with Crippen molar-refractivity contribution in [2.45, 2.75) is 51.1 Å². The molecule has 0 spiro atoms. The predicted molar refractivity (Wildman–Crippen MR) is 75.8 cm³/mol. The van der Waals surface area contributed by atoms with Gasteiger partial charge >= 0.3 is 6.18 Å². The van der Waals surface area contributed by atoms with Gasteiger partial charge in [-0.05, 0) is 36.8 Å². The summed E-state index contributed by atoms with van der Waals surface area (Å²) in [6, 6.07) is 8.26. The third-order valence-electron chi connectivity index (χ3n) is 4.09. The molecule has 1 aromatic rings. The molecule has 1 fully saturated rings. The van der Waals surface area contributed by atoms with Crippen LogP contribution in [-0.4, -0.2) is 19.3 Å². The lowest BCUT2D eigenvalue weighted by molar-refractivity contribution is -0.182. The number of halogens is 3. The van der Waals surface area contributed by atoms with Crippen LogP contribution in [0.25, 0.3) is 0 Å². The zero-order chi connectivity index (χ0) is 15.3. The van der Waals surface area contributed by atoms with Crippen molar-refractivity contribution in [1.82, 2.24) is 5.32 Å². The van der Waals surface area contributed by atoms with Gasteiger partial charge in [0.15, 0.2) is 0 Å². The summed E-state index contributed by atoms with van der Waals surface area (Å²) in [6.45, 7) is 1.27. The van der Waals surface area contributed by atoms with Gasteiger partial charge in [0.25, 0.3) is 0 Å². The van der Waals surface area contributed by atoms with Gasteiger partial charge in [0.2, 0.25) is 0 Å². The second-order valence-corrected chi connectivity index (χ2v) is 5.72. The van der Waals surface area contributed by atoms with Gasteiger partial charge in [0.1, 0.15) is 0 Å². The molecule has 1 saturated carbocycles. The zero-order valence-electron chi connectivity index (χ0n) is 12.2. The van der Waals surface area contributed by atoms with Gasteiger partial charge < -0.3 is 10.1 Å². The lowest BCUT2D eigenvalue weighted by Crippen LogP contribution is -2.36. The number of rotatable bonds is 5. The van der Waals surface area contributed by atoms with Gasteiger partial charge in [-0.1, -0.05) is 24.3 Å². The largest absolute Gasteiger partial charge is 0.391 e. The Bertz CT molecular complexity index is 439. The van der Waals surface area contributed by atoms with Crippen LogP contribution in [0.3, 0.4) is 0 Å². The normalized spacial score (nSPS) is 23.2. The minimum Gasteiger partial charge on any atom is -0.380 e.